The van der Waals surface area contributed by atoms with Crippen molar-refractivity contribution in [2.75, 3.05) is 18.0 Å². The van der Waals surface area contributed by atoms with Crippen LogP contribution in [0.2, 0.25) is 0 Å². The first kappa shape index (κ1) is 16.9. The van der Waals surface area contributed by atoms with Gasteiger partial charge in [0, 0.05) is 43.0 Å². The highest BCUT2D eigenvalue weighted by Crippen LogP contribution is 2.38. The summed E-state index contributed by atoms with van der Waals surface area (Å²) in [5, 5.41) is 0. The van der Waals surface area contributed by atoms with Crippen LogP contribution in [0, 0.1) is 11.8 Å². The van der Waals surface area contributed by atoms with Crippen LogP contribution in [0.5, 0.6) is 0 Å². The molecule has 0 bridgehead atoms. The third-order valence-electron chi connectivity index (χ3n) is 6.83. The zero-order valence-corrected chi connectivity index (χ0v) is 15.8. The molecule has 4 atom stereocenters. The molecule has 1 aromatic carbocycles. The molecule has 5 nitrogen and oxygen atoms in total. The molecule has 1 aliphatic carbocycles. The molecule has 2 aliphatic heterocycles. The molecule has 2 fully saturated rings. The van der Waals surface area contributed by atoms with Gasteiger partial charge in [0.2, 0.25) is 0 Å². The van der Waals surface area contributed by atoms with Gasteiger partial charge < -0.3 is 20.0 Å². The van der Waals surface area contributed by atoms with E-state index in [1.54, 1.807) is 6.26 Å². The molecule has 27 heavy (non-hydrogen) atoms. The van der Waals surface area contributed by atoms with Gasteiger partial charge in [-0.1, -0.05) is 18.2 Å². The fourth-order valence-electron chi connectivity index (χ4n) is 5.32. The Morgan fingerprint density at radius 2 is 2.07 bits per heavy atom. The van der Waals surface area contributed by atoms with Gasteiger partial charge in [0.1, 0.15) is 0 Å². The number of anilines is 1. The van der Waals surface area contributed by atoms with Crippen molar-refractivity contribution in [2.24, 2.45) is 17.6 Å². The fraction of sp³-hybridized carbons (Fsp3) is 0.500. The van der Waals surface area contributed by atoms with Gasteiger partial charge >= 0.3 is 0 Å². The normalized spacial score (nSPS) is 29.3. The molecule has 1 saturated heterocycles. The largest absolute Gasteiger partial charge is 0.459 e. The third-order valence-corrected chi connectivity index (χ3v) is 6.83. The molecule has 1 saturated carbocycles. The summed E-state index contributed by atoms with van der Waals surface area (Å²) in [4.78, 5) is 17.5. The van der Waals surface area contributed by atoms with Crippen LogP contribution in [0.3, 0.4) is 0 Å². The third kappa shape index (κ3) is 2.76. The van der Waals surface area contributed by atoms with Gasteiger partial charge in [0.05, 0.1) is 6.26 Å². The predicted molar refractivity (Wildman–Crippen MR) is 105 cm³/mol. The van der Waals surface area contributed by atoms with Crippen LogP contribution in [-0.4, -0.2) is 36.0 Å². The molecule has 4 unspecified atom stereocenters. The quantitative estimate of drug-likeness (QED) is 0.908. The van der Waals surface area contributed by atoms with E-state index in [4.69, 9.17) is 10.2 Å². The Morgan fingerprint density at radius 3 is 2.93 bits per heavy atom. The number of carbonyl (C=O) groups excluding carboxylic acids is 1. The average Bonchev–Trinajstić information content (AvgIpc) is 3.41. The number of benzene rings is 1. The Hall–Kier alpha value is -2.27. The van der Waals surface area contributed by atoms with Gasteiger partial charge in [-0.05, 0) is 55.7 Å². The van der Waals surface area contributed by atoms with E-state index in [0.717, 1.165) is 37.9 Å². The molecule has 2 N–H and O–H groups in total. The van der Waals surface area contributed by atoms with Crippen LogP contribution in [0.1, 0.15) is 41.4 Å². The molecular formula is C22H27N3O2. The molecule has 0 spiro atoms. The van der Waals surface area contributed by atoms with Crippen molar-refractivity contribution in [3.8, 4) is 0 Å². The van der Waals surface area contributed by atoms with Crippen LogP contribution in [0.4, 0.5) is 5.69 Å². The molecule has 2 aromatic rings. The molecule has 5 heteroatoms. The van der Waals surface area contributed by atoms with Crippen molar-refractivity contribution < 1.29 is 9.21 Å². The number of fused-ring (bicyclic) bond motifs is 2. The first-order valence-electron chi connectivity index (χ1n) is 10.1. The molecule has 0 radical (unpaired) electrons. The number of furan rings is 1. The first-order valence-corrected chi connectivity index (χ1v) is 10.1. The minimum Gasteiger partial charge on any atom is -0.459 e. The van der Waals surface area contributed by atoms with E-state index in [2.05, 4.69) is 36.1 Å². The number of amides is 1. The molecule has 3 heterocycles. The monoisotopic (exact) mass is 365 g/mol. The second kappa shape index (κ2) is 6.41. The number of likely N-dealkylation sites (tertiary alicyclic amines) is 1. The van der Waals surface area contributed by atoms with Gasteiger partial charge in [-0.3, -0.25) is 4.79 Å². The van der Waals surface area contributed by atoms with Crippen LogP contribution < -0.4 is 10.6 Å². The summed E-state index contributed by atoms with van der Waals surface area (Å²) in [6.45, 7) is 4.54. The summed E-state index contributed by atoms with van der Waals surface area (Å²) < 4.78 is 5.67. The van der Waals surface area contributed by atoms with Gasteiger partial charge in [-0.2, -0.15) is 0 Å². The van der Waals surface area contributed by atoms with Crippen LogP contribution in [-0.2, 0) is 13.0 Å². The van der Waals surface area contributed by atoms with Crippen molar-refractivity contribution in [3.63, 3.8) is 0 Å². The minimum absolute atomic E-state index is 0.0248. The maximum absolute atomic E-state index is 13.1. The molecule has 142 valence electrons. The van der Waals surface area contributed by atoms with Gasteiger partial charge in [0.15, 0.2) is 5.76 Å². The van der Waals surface area contributed by atoms with E-state index in [1.165, 1.54) is 11.3 Å². The second-order valence-electron chi connectivity index (χ2n) is 8.46. The molecule has 3 aliphatic rings. The van der Waals surface area contributed by atoms with Crippen molar-refractivity contribution in [1.82, 2.24) is 4.90 Å². The summed E-state index contributed by atoms with van der Waals surface area (Å²) in [5.41, 5.74) is 9.86. The van der Waals surface area contributed by atoms with E-state index in [-0.39, 0.29) is 11.9 Å². The Bertz CT molecular complexity index is 861. The number of para-hydroxylation sites is 1. The number of carbonyl (C=O) groups is 1. The SMILES string of the molecule is CC1Cc2ccccc2N1Cc1ccoc1C(=O)N1CC2CCC(N)C2C1. The highest BCUT2D eigenvalue weighted by molar-refractivity contribution is 5.93. The summed E-state index contributed by atoms with van der Waals surface area (Å²) in [5.74, 6) is 1.54. The lowest BCUT2D eigenvalue weighted by Gasteiger charge is -2.25. The Labute approximate surface area is 160 Å². The highest BCUT2D eigenvalue weighted by Gasteiger charge is 2.43. The van der Waals surface area contributed by atoms with Crippen LogP contribution in [0.25, 0.3) is 0 Å². The van der Waals surface area contributed by atoms with Crippen molar-refractivity contribution >= 4 is 11.6 Å². The lowest BCUT2D eigenvalue weighted by Crippen LogP contribution is -2.34. The first-order chi connectivity index (χ1) is 13.1. The summed E-state index contributed by atoms with van der Waals surface area (Å²) in [6.07, 6.45) is 4.93. The number of rotatable bonds is 3. The Balaban J connectivity index is 1.35. The van der Waals surface area contributed by atoms with E-state index >= 15 is 0 Å². The van der Waals surface area contributed by atoms with Crippen LogP contribution in [0.15, 0.2) is 41.0 Å². The number of nitrogens with two attached hydrogens (primary N) is 1. The fourth-order valence-corrected chi connectivity index (χ4v) is 5.32. The lowest BCUT2D eigenvalue weighted by atomic mass is 9.98. The summed E-state index contributed by atoms with van der Waals surface area (Å²) in [6, 6.07) is 11.1. The lowest BCUT2D eigenvalue weighted by molar-refractivity contribution is 0.0746. The molecule has 1 aromatic heterocycles. The zero-order chi connectivity index (χ0) is 18.5. The smallest absolute Gasteiger partial charge is 0.289 e. The van der Waals surface area contributed by atoms with Crippen molar-refractivity contribution in [3.05, 3.63) is 53.5 Å². The van der Waals surface area contributed by atoms with Crippen LogP contribution >= 0.6 is 0 Å². The maximum atomic E-state index is 13.1. The standard InChI is InChI=1S/C22H27N3O2/c1-14-10-15-4-2-3-5-20(15)25(14)12-17-8-9-27-21(17)22(26)24-11-16-6-7-19(23)18(16)13-24/h2-5,8-9,14,16,18-19H,6-7,10-13,23H2,1H3. The number of hydrogen-bond donors (Lipinski definition) is 1. The Kier molecular flexibility index (Phi) is 4.01. The Morgan fingerprint density at radius 1 is 1.22 bits per heavy atom. The van der Waals surface area contributed by atoms with E-state index in [0.29, 0.717) is 30.2 Å². The highest BCUT2D eigenvalue weighted by atomic mass is 16.3. The minimum atomic E-state index is 0.0248. The van der Waals surface area contributed by atoms with Gasteiger partial charge in [-0.25, -0.2) is 0 Å². The van der Waals surface area contributed by atoms with E-state index in [9.17, 15) is 4.79 Å². The van der Waals surface area contributed by atoms with Crippen molar-refractivity contribution in [2.45, 2.75) is 44.8 Å². The van der Waals surface area contributed by atoms with Gasteiger partial charge in [-0.15, -0.1) is 0 Å². The van der Waals surface area contributed by atoms with E-state index in [1.807, 2.05) is 11.0 Å². The maximum Gasteiger partial charge on any atom is 0.289 e. The topological polar surface area (TPSA) is 62.7 Å². The molecular weight excluding hydrogens is 338 g/mol. The zero-order valence-electron chi connectivity index (χ0n) is 15.8. The average molecular weight is 365 g/mol. The second-order valence-corrected chi connectivity index (χ2v) is 8.46. The van der Waals surface area contributed by atoms with E-state index < -0.39 is 0 Å². The van der Waals surface area contributed by atoms with Crippen molar-refractivity contribution in [1.29, 1.82) is 0 Å². The summed E-state index contributed by atoms with van der Waals surface area (Å²) >= 11 is 0. The summed E-state index contributed by atoms with van der Waals surface area (Å²) in [7, 11) is 0. The predicted octanol–water partition coefficient (Wildman–Crippen LogP) is 3.04. The number of nitrogens with zero attached hydrogens (tertiary/aromatic N) is 2. The van der Waals surface area contributed by atoms with Gasteiger partial charge in [0.25, 0.3) is 5.91 Å². The number of hydrogen-bond acceptors (Lipinski definition) is 4. The molecule has 1 amide bonds. The molecule has 5 rings (SSSR count).